The number of fused-ring (bicyclic) bond motifs is 1. The van der Waals surface area contributed by atoms with E-state index in [9.17, 15) is 4.79 Å². The number of amides is 2. The predicted octanol–water partition coefficient (Wildman–Crippen LogP) is 4.26. The number of rotatable bonds is 2. The molecule has 2 amide bonds. The number of carbonyl (C=O) groups is 1. The first-order valence-corrected chi connectivity index (χ1v) is 7.92. The number of urea groups is 1. The summed E-state index contributed by atoms with van der Waals surface area (Å²) < 4.78 is 0. The number of halogens is 2. The third-order valence-electron chi connectivity index (χ3n) is 3.86. The van der Waals surface area contributed by atoms with Gasteiger partial charge in [0.1, 0.15) is 0 Å². The summed E-state index contributed by atoms with van der Waals surface area (Å²) in [6.07, 6.45) is 0.894. The van der Waals surface area contributed by atoms with Crippen LogP contribution in [-0.4, -0.2) is 17.5 Å². The summed E-state index contributed by atoms with van der Waals surface area (Å²) in [6.45, 7) is 1.78. The molecule has 0 bridgehead atoms. The Balaban J connectivity index is 1.61. The zero-order chi connectivity index (χ0) is 15.5. The minimum Gasteiger partial charge on any atom is -0.334 e. The van der Waals surface area contributed by atoms with E-state index in [4.69, 9.17) is 23.2 Å². The minimum absolute atomic E-state index is 0.0690. The Bertz CT molecular complexity index is 703. The second-order valence-electron chi connectivity index (χ2n) is 5.33. The molecule has 2 aromatic rings. The Labute approximate surface area is 139 Å². The summed E-state index contributed by atoms with van der Waals surface area (Å²) in [4.78, 5) is 14.1. The van der Waals surface area contributed by atoms with Gasteiger partial charge in [-0.15, -0.1) is 0 Å². The maximum absolute atomic E-state index is 12.3. The van der Waals surface area contributed by atoms with Crippen molar-refractivity contribution in [2.24, 2.45) is 0 Å². The van der Waals surface area contributed by atoms with Gasteiger partial charge in [-0.25, -0.2) is 4.79 Å². The van der Waals surface area contributed by atoms with Crippen molar-refractivity contribution >= 4 is 29.2 Å². The third-order valence-corrected chi connectivity index (χ3v) is 4.45. The highest BCUT2D eigenvalue weighted by Crippen LogP contribution is 2.21. The maximum Gasteiger partial charge on any atom is 0.317 e. The lowest BCUT2D eigenvalue weighted by atomic mass is 10.0. The Morgan fingerprint density at radius 2 is 1.91 bits per heavy atom. The predicted molar refractivity (Wildman–Crippen MR) is 89.3 cm³/mol. The molecule has 114 valence electrons. The first-order chi connectivity index (χ1) is 10.6. The number of nitrogens with one attached hydrogen (secondary N) is 1. The lowest BCUT2D eigenvalue weighted by molar-refractivity contribution is 0.192. The van der Waals surface area contributed by atoms with E-state index in [1.165, 1.54) is 11.1 Å². The van der Waals surface area contributed by atoms with Crippen LogP contribution in [0.15, 0.2) is 42.5 Å². The van der Waals surface area contributed by atoms with Gasteiger partial charge < -0.3 is 10.2 Å². The van der Waals surface area contributed by atoms with Crippen LogP contribution in [0.2, 0.25) is 10.0 Å². The quantitative estimate of drug-likeness (QED) is 0.874. The molecule has 5 heteroatoms. The van der Waals surface area contributed by atoms with Gasteiger partial charge in [0.2, 0.25) is 0 Å². The maximum atomic E-state index is 12.3. The molecule has 0 aromatic heterocycles. The van der Waals surface area contributed by atoms with Gasteiger partial charge in [-0.2, -0.15) is 0 Å². The highest BCUT2D eigenvalue weighted by atomic mass is 35.5. The largest absolute Gasteiger partial charge is 0.334 e. The molecule has 0 fully saturated rings. The van der Waals surface area contributed by atoms with E-state index >= 15 is 0 Å². The SMILES string of the molecule is O=C(NCc1ccc(Cl)cc1Cl)N1CCc2ccccc2C1. The van der Waals surface area contributed by atoms with Crippen LogP contribution in [0.3, 0.4) is 0 Å². The monoisotopic (exact) mass is 334 g/mol. The second kappa shape index (κ2) is 6.59. The average Bonchev–Trinajstić information content (AvgIpc) is 2.53. The first kappa shape index (κ1) is 15.2. The van der Waals surface area contributed by atoms with Gasteiger partial charge in [0.25, 0.3) is 0 Å². The van der Waals surface area contributed by atoms with Crippen molar-refractivity contribution in [3.05, 3.63) is 69.2 Å². The molecular weight excluding hydrogens is 319 g/mol. The highest BCUT2D eigenvalue weighted by Gasteiger charge is 2.20. The fourth-order valence-electron chi connectivity index (χ4n) is 2.62. The molecule has 3 nitrogen and oxygen atoms in total. The van der Waals surface area contributed by atoms with Gasteiger partial charge in [-0.3, -0.25) is 0 Å². The van der Waals surface area contributed by atoms with Crippen LogP contribution >= 0.6 is 23.2 Å². The summed E-state index contributed by atoms with van der Waals surface area (Å²) in [6, 6.07) is 13.5. The summed E-state index contributed by atoms with van der Waals surface area (Å²) in [5, 5.41) is 4.08. The van der Waals surface area contributed by atoms with Gasteiger partial charge >= 0.3 is 6.03 Å². The fourth-order valence-corrected chi connectivity index (χ4v) is 3.09. The van der Waals surface area contributed by atoms with Crippen LogP contribution in [-0.2, 0) is 19.5 Å². The molecule has 0 atom stereocenters. The Morgan fingerprint density at radius 3 is 2.68 bits per heavy atom. The van der Waals surface area contributed by atoms with Crippen LogP contribution < -0.4 is 5.32 Å². The Hall–Kier alpha value is -1.71. The molecule has 0 aliphatic carbocycles. The molecule has 0 unspecified atom stereocenters. The first-order valence-electron chi connectivity index (χ1n) is 7.17. The van der Waals surface area contributed by atoms with E-state index in [0.717, 1.165) is 18.5 Å². The van der Waals surface area contributed by atoms with Crippen LogP contribution in [0.1, 0.15) is 16.7 Å². The molecule has 0 radical (unpaired) electrons. The number of nitrogens with zero attached hydrogens (tertiary/aromatic N) is 1. The van der Waals surface area contributed by atoms with Crippen molar-refractivity contribution in [3.63, 3.8) is 0 Å². The van der Waals surface area contributed by atoms with Crippen LogP contribution in [0, 0.1) is 0 Å². The van der Waals surface area contributed by atoms with Gasteiger partial charge in [-0.05, 0) is 35.2 Å². The third kappa shape index (κ3) is 3.37. The van der Waals surface area contributed by atoms with E-state index in [-0.39, 0.29) is 6.03 Å². The number of hydrogen-bond donors (Lipinski definition) is 1. The van der Waals surface area contributed by atoms with Crippen LogP contribution in [0.4, 0.5) is 4.79 Å². The Kier molecular flexibility index (Phi) is 4.55. The molecule has 1 heterocycles. The van der Waals surface area contributed by atoms with Crippen molar-refractivity contribution in [1.29, 1.82) is 0 Å². The van der Waals surface area contributed by atoms with Gasteiger partial charge in [0.05, 0.1) is 0 Å². The number of carbonyl (C=O) groups excluding carboxylic acids is 1. The molecule has 3 rings (SSSR count). The van der Waals surface area contributed by atoms with Gasteiger partial charge in [-0.1, -0.05) is 53.5 Å². The lowest BCUT2D eigenvalue weighted by Gasteiger charge is -2.29. The van der Waals surface area contributed by atoms with Crippen molar-refractivity contribution in [2.45, 2.75) is 19.5 Å². The van der Waals surface area contributed by atoms with Crippen molar-refractivity contribution < 1.29 is 4.79 Å². The molecule has 0 saturated carbocycles. The van der Waals surface area contributed by atoms with Crippen LogP contribution in [0.25, 0.3) is 0 Å². The topological polar surface area (TPSA) is 32.3 Å². The normalized spacial score (nSPS) is 13.6. The molecule has 0 saturated heterocycles. The van der Waals surface area contributed by atoms with E-state index in [1.54, 1.807) is 12.1 Å². The zero-order valence-corrected chi connectivity index (χ0v) is 13.5. The summed E-state index contributed by atoms with van der Waals surface area (Å²) in [5.74, 6) is 0. The molecule has 22 heavy (non-hydrogen) atoms. The average molecular weight is 335 g/mol. The summed E-state index contributed by atoms with van der Waals surface area (Å²) in [7, 11) is 0. The molecule has 1 N–H and O–H groups in total. The molecule has 2 aromatic carbocycles. The van der Waals surface area contributed by atoms with E-state index in [1.807, 2.05) is 23.1 Å². The van der Waals surface area contributed by atoms with E-state index in [0.29, 0.717) is 23.1 Å². The summed E-state index contributed by atoms with van der Waals surface area (Å²) >= 11 is 12.0. The smallest absolute Gasteiger partial charge is 0.317 e. The zero-order valence-electron chi connectivity index (χ0n) is 12.0. The molecular formula is C17H16Cl2N2O. The van der Waals surface area contributed by atoms with Crippen molar-refractivity contribution in [3.8, 4) is 0 Å². The van der Waals surface area contributed by atoms with Gasteiger partial charge in [0, 0.05) is 29.7 Å². The molecule has 0 spiro atoms. The number of hydrogen-bond acceptors (Lipinski definition) is 1. The van der Waals surface area contributed by atoms with E-state index in [2.05, 4.69) is 17.4 Å². The van der Waals surface area contributed by atoms with Gasteiger partial charge in [0.15, 0.2) is 0 Å². The Morgan fingerprint density at radius 1 is 1.14 bits per heavy atom. The van der Waals surface area contributed by atoms with E-state index < -0.39 is 0 Å². The van der Waals surface area contributed by atoms with Crippen molar-refractivity contribution in [2.75, 3.05) is 6.54 Å². The summed E-state index contributed by atoms with van der Waals surface area (Å²) in [5.41, 5.74) is 3.40. The number of benzene rings is 2. The highest BCUT2D eigenvalue weighted by molar-refractivity contribution is 6.35. The molecule has 1 aliphatic heterocycles. The van der Waals surface area contributed by atoms with Crippen molar-refractivity contribution in [1.82, 2.24) is 10.2 Å². The second-order valence-corrected chi connectivity index (χ2v) is 6.18. The lowest BCUT2D eigenvalue weighted by Crippen LogP contribution is -2.42. The van der Waals surface area contributed by atoms with Crippen LogP contribution in [0.5, 0.6) is 0 Å². The molecule has 1 aliphatic rings. The standard InChI is InChI=1S/C17H16Cl2N2O/c18-15-6-5-13(16(19)9-15)10-20-17(22)21-8-7-12-3-1-2-4-14(12)11-21/h1-6,9H,7-8,10-11H2,(H,20,22). The minimum atomic E-state index is -0.0690. The fraction of sp³-hybridized carbons (Fsp3) is 0.235.